The first-order valence-electron chi connectivity index (χ1n) is 9.01. The van der Waals surface area contributed by atoms with E-state index in [-0.39, 0.29) is 15.5 Å². The second kappa shape index (κ2) is 8.55. The van der Waals surface area contributed by atoms with Gasteiger partial charge >= 0.3 is 4.87 Å². The van der Waals surface area contributed by atoms with Crippen molar-refractivity contribution in [2.75, 3.05) is 11.8 Å². The molecule has 0 saturated carbocycles. The third-order valence-electron chi connectivity index (χ3n) is 4.64. The number of anilines is 1. The van der Waals surface area contributed by atoms with Crippen molar-refractivity contribution in [2.45, 2.75) is 11.4 Å². The Morgan fingerprint density at radius 2 is 1.84 bits per heavy atom. The Kier molecular flexibility index (Phi) is 5.98. The highest BCUT2D eigenvalue weighted by molar-refractivity contribution is 7.92. The number of sulfonamides is 1. The van der Waals surface area contributed by atoms with E-state index in [4.69, 9.17) is 27.9 Å². The molecule has 0 aliphatic carbocycles. The summed E-state index contributed by atoms with van der Waals surface area (Å²) in [5, 5.41) is 0.927. The van der Waals surface area contributed by atoms with Gasteiger partial charge in [0.05, 0.1) is 34.5 Å². The van der Waals surface area contributed by atoms with Gasteiger partial charge in [0.1, 0.15) is 5.75 Å². The van der Waals surface area contributed by atoms with Crippen LogP contribution in [0.25, 0.3) is 10.2 Å². The average Bonchev–Trinajstić information content (AvgIpc) is 3.04. The zero-order chi connectivity index (χ0) is 22.2. The third-order valence-corrected chi connectivity index (χ3v) is 7.55. The maximum Gasteiger partial charge on any atom is 0.308 e. The van der Waals surface area contributed by atoms with E-state index >= 15 is 0 Å². The molecule has 10 heteroatoms. The number of benzene rings is 3. The molecule has 3 aromatic carbocycles. The summed E-state index contributed by atoms with van der Waals surface area (Å²) in [6.07, 6.45) is 0. The Hall–Kier alpha value is -2.52. The molecule has 0 spiro atoms. The van der Waals surface area contributed by atoms with Crippen molar-refractivity contribution in [1.82, 2.24) is 4.57 Å². The van der Waals surface area contributed by atoms with Crippen LogP contribution in [0.5, 0.6) is 5.75 Å². The number of methoxy groups -OCH3 is 1. The van der Waals surface area contributed by atoms with Gasteiger partial charge in [-0.05, 0) is 48.0 Å². The highest BCUT2D eigenvalue weighted by atomic mass is 35.5. The Balaban J connectivity index is 1.71. The van der Waals surface area contributed by atoms with Gasteiger partial charge in [-0.2, -0.15) is 0 Å². The van der Waals surface area contributed by atoms with E-state index in [9.17, 15) is 13.2 Å². The predicted molar refractivity (Wildman–Crippen MR) is 125 cm³/mol. The first-order chi connectivity index (χ1) is 14.8. The summed E-state index contributed by atoms with van der Waals surface area (Å²) in [5.74, 6) is 0.338. The van der Waals surface area contributed by atoms with Crippen LogP contribution in [0.1, 0.15) is 5.56 Å². The summed E-state index contributed by atoms with van der Waals surface area (Å²) in [7, 11) is -2.50. The van der Waals surface area contributed by atoms with Crippen LogP contribution in [0, 0.1) is 0 Å². The van der Waals surface area contributed by atoms with E-state index < -0.39 is 10.0 Å². The molecule has 0 amide bonds. The highest BCUT2D eigenvalue weighted by Gasteiger charge is 2.19. The van der Waals surface area contributed by atoms with Crippen molar-refractivity contribution in [3.63, 3.8) is 0 Å². The summed E-state index contributed by atoms with van der Waals surface area (Å²) in [4.78, 5) is 12.4. The lowest BCUT2D eigenvalue weighted by Crippen LogP contribution is -2.14. The molecule has 1 heterocycles. The molecule has 0 saturated heterocycles. The molecule has 0 aliphatic heterocycles. The fourth-order valence-electron chi connectivity index (χ4n) is 3.12. The predicted octanol–water partition coefficient (Wildman–Crippen LogP) is 5.23. The fraction of sp³-hybridized carbons (Fsp3) is 0.0952. The highest BCUT2D eigenvalue weighted by Crippen LogP contribution is 2.31. The molecule has 0 fully saturated rings. The van der Waals surface area contributed by atoms with Gasteiger partial charge in [0, 0.05) is 10.0 Å². The van der Waals surface area contributed by atoms with E-state index in [0.717, 1.165) is 16.9 Å². The van der Waals surface area contributed by atoms with Crippen LogP contribution in [0.2, 0.25) is 10.0 Å². The largest absolute Gasteiger partial charge is 0.495 e. The van der Waals surface area contributed by atoms with Crippen LogP contribution in [0.15, 0.2) is 70.4 Å². The minimum absolute atomic E-state index is 0.0215. The van der Waals surface area contributed by atoms with E-state index in [1.165, 1.54) is 25.3 Å². The molecule has 6 nitrogen and oxygen atoms in total. The van der Waals surface area contributed by atoms with Crippen molar-refractivity contribution in [3.8, 4) is 5.75 Å². The maximum atomic E-state index is 12.9. The van der Waals surface area contributed by atoms with Crippen LogP contribution < -0.4 is 14.3 Å². The van der Waals surface area contributed by atoms with Crippen molar-refractivity contribution in [3.05, 3.63) is 85.9 Å². The van der Waals surface area contributed by atoms with E-state index in [1.807, 2.05) is 18.2 Å². The Morgan fingerprint density at radius 1 is 1.06 bits per heavy atom. The zero-order valence-electron chi connectivity index (χ0n) is 16.1. The molecule has 1 aromatic heterocycles. The first-order valence-corrected chi connectivity index (χ1v) is 12.1. The molecule has 0 radical (unpaired) electrons. The molecule has 1 N–H and O–H groups in total. The van der Waals surface area contributed by atoms with Crippen molar-refractivity contribution in [2.24, 2.45) is 0 Å². The maximum absolute atomic E-state index is 12.9. The summed E-state index contributed by atoms with van der Waals surface area (Å²) < 4.78 is 35.7. The van der Waals surface area contributed by atoms with Gasteiger partial charge < -0.3 is 4.74 Å². The van der Waals surface area contributed by atoms with Gasteiger partial charge in [0.15, 0.2) is 0 Å². The number of hydrogen-bond donors (Lipinski definition) is 1. The molecule has 0 unspecified atom stereocenters. The van der Waals surface area contributed by atoms with Crippen molar-refractivity contribution < 1.29 is 13.2 Å². The third kappa shape index (κ3) is 4.43. The number of halogens is 2. The summed E-state index contributed by atoms with van der Waals surface area (Å²) in [6, 6.07) is 16.5. The van der Waals surface area contributed by atoms with Gasteiger partial charge in [0.2, 0.25) is 0 Å². The van der Waals surface area contributed by atoms with Crippen molar-refractivity contribution >= 4 is 60.5 Å². The zero-order valence-corrected chi connectivity index (χ0v) is 19.3. The number of aromatic nitrogens is 1. The molecule has 31 heavy (non-hydrogen) atoms. The quantitative estimate of drug-likeness (QED) is 0.398. The fourth-order valence-corrected chi connectivity index (χ4v) is 5.58. The SMILES string of the molecule is COc1ccc(Cl)cc1NS(=O)(=O)c1ccc2c(c1)sc(=O)n2Cc1ccccc1Cl. The minimum atomic E-state index is -3.94. The number of fused-ring (bicyclic) bond motifs is 1. The molecular formula is C21H16Cl2N2O4S2. The van der Waals surface area contributed by atoms with E-state index in [0.29, 0.717) is 32.6 Å². The Labute approximate surface area is 192 Å². The van der Waals surface area contributed by atoms with E-state index in [1.54, 1.807) is 28.8 Å². The molecule has 0 bridgehead atoms. The van der Waals surface area contributed by atoms with Crippen LogP contribution in [0.4, 0.5) is 5.69 Å². The van der Waals surface area contributed by atoms with Gasteiger partial charge in [-0.3, -0.25) is 14.1 Å². The van der Waals surface area contributed by atoms with E-state index in [2.05, 4.69) is 4.72 Å². The summed E-state index contributed by atoms with van der Waals surface area (Å²) in [5.41, 5.74) is 1.66. The van der Waals surface area contributed by atoms with Crippen LogP contribution in [-0.2, 0) is 16.6 Å². The minimum Gasteiger partial charge on any atom is -0.495 e. The van der Waals surface area contributed by atoms with Gasteiger partial charge in [0.25, 0.3) is 10.0 Å². The van der Waals surface area contributed by atoms with Gasteiger partial charge in [-0.15, -0.1) is 0 Å². The van der Waals surface area contributed by atoms with Crippen LogP contribution in [0.3, 0.4) is 0 Å². The molecule has 160 valence electrons. The average molecular weight is 495 g/mol. The monoisotopic (exact) mass is 494 g/mol. The number of hydrogen-bond acceptors (Lipinski definition) is 5. The first kappa shape index (κ1) is 21.7. The number of rotatable bonds is 6. The van der Waals surface area contributed by atoms with Crippen LogP contribution in [-0.4, -0.2) is 20.1 Å². The molecule has 0 atom stereocenters. The molecule has 0 aliphatic rings. The number of ether oxygens (including phenoxy) is 1. The van der Waals surface area contributed by atoms with Crippen LogP contribution >= 0.6 is 34.5 Å². The normalized spacial score (nSPS) is 11.6. The van der Waals surface area contributed by atoms with Gasteiger partial charge in [-0.25, -0.2) is 8.42 Å². The number of nitrogens with one attached hydrogen (secondary N) is 1. The Bertz CT molecular complexity index is 1450. The standard InChI is InChI=1S/C21H16Cl2N2O4S2/c1-29-19-9-6-14(22)10-17(19)24-31(27,28)15-7-8-18-20(11-15)30-21(26)25(18)12-13-4-2-3-5-16(13)23/h2-11,24H,12H2,1H3. The number of nitrogens with zero attached hydrogens (tertiary/aromatic N) is 1. The second-order valence-electron chi connectivity index (χ2n) is 6.63. The summed E-state index contributed by atoms with van der Waals surface area (Å²) in [6.45, 7) is 0.294. The molecule has 4 aromatic rings. The Morgan fingerprint density at radius 3 is 2.58 bits per heavy atom. The molecular weight excluding hydrogens is 479 g/mol. The van der Waals surface area contributed by atoms with Gasteiger partial charge in [-0.1, -0.05) is 52.7 Å². The number of thiazole rings is 1. The topological polar surface area (TPSA) is 77.4 Å². The second-order valence-corrected chi connectivity index (χ2v) is 10.1. The smallest absolute Gasteiger partial charge is 0.308 e. The lowest BCUT2D eigenvalue weighted by atomic mass is 10.2. The lowest BCUT2D eigenvalue weighted by molar-refractivity contribution is 0.417. The molecule has 4 rings (SSSR count). The summed E-state index contributed by atoms with van der Waals surface area (Å²) >= 11 is 13.2. The lowest BCUT2D eigenvalue weighted by Gasteiger charge is -2.12. The van der Waals surface area contributed by atoms with Crippen molar-refractivity contribution in [1.29, 1.82) is 0 Å².